The van der Waals surface area contributed by atoms with Gasteiger partial charge in [-0.2, -0.15) is 13.2 Å². The molecule has 1 aromatic rings. The number of nitrogens with one attached hydrogen (secondary N) is 2. The monoisotopic (exact) mass is 490 g/mol. The quantitative estimate of drug-likeness (QED) is 0.570. The zero-order valence-electron chi connectivity index (χ0n) is 20.9. The van der Waals surface area contributed by atoms with E-state index in [4.69, 9.17) is 0 Å². The van der Waals surface area contributed by atoms with Gasteiger partial charge in [-0.25, -0.2) is 0 Å². The van der Waals surface area contributed by atoms with Crippen molar-refractivity contribution < 1.29 is 22.8 Å². The van der Waals surface area contributed by atoms with Crippen LogP contribution < -0.4 is 10.6 Å². The lowest BCUT2D eigenvalue weighted by Gasteiger charge is -2.60. The number of hydrogen-bond donors (Lipinski definition) is 2. The zero-order chi connectivity index (χ0) is 25.2. The van der Waals surface area contributed by atoms with E-state index < -0.39 is 23.5 Å². The topological polar surface area (TPSA) is 58.2 Å². The molecule has 0 aromatic heterocycles. The van der Waals surface area contributed by atoms with E-state index in [1.54, 1.807) is 18.2 Å². The lowest BCUT2D eigenvalue weighted by molar-refractivity contribution is -0.199. The highest BCUT2D eigenvalue weighted by Crippen LogP contribution is 2.65. The third-order valence-corrected chi connectivity index (χ3v) is 10.7. The average molecular weight is 491 g/mol. The van der Waals surface area contributed by atoms with Crippen LogP contribution in [-0.2, 0) is 15.1 Å². The smallest absolute Gasteiger partial charge is 0.353 e. The van der Waals surface area contributed by atoms with Crippen LogP contribution in [0.4, 0.5) is 13.2 Å². The summed E-state index contributed by atoms with van der Waals surface area (Å²) in [5, 5.41) is 5.70. The van der Waals surface area contributed by atoms with Gasteiger partial charge in [-0.3, -0.25) is 9.59 Å². The van der Waals surface area contributed by atoms with Gasteiger partial charge >= 0.3 is 6.18 Å². The van der Waals surface area contributed by atoms with Crippen LogP contribution in [0.5, 0.6) is 0 Å². The molecule has 5 rings (SSSR count). The van der Waals surface area contributed by atoms with Crippen LogP contribution in [0.2, 0.25) is 0 Å². The fourth-order valence-corrected chi connectivity index (χ4v) is 8.54. The number of hydrogen-bond acceptors (Lipinski definition) is 2. The number of benzene rings is 1. The summed E-state index contributed by atoms with van der Waals surface area (Å²) in [5.41, 5.74) is -2.60. The minimum atomic E-state index is -4.61. The van der Waals surface area contributed by atoms with Gasteiger partial charge in [-0.15, -0.1) is 0 Å². The van der Waals surface area contributed by atoms with E-state index in [2.05, 4.69) is 24.5 Å². The summed E-state index contributed by atoms with van der Waals surface area (Å²) < 4.78 is 42.8. The van der Waals surface area contributed by atoms with E-state index in [0.717, 1.165) is 45.4 Å². The van der Waals surface area contributed by atoms with E-state index in [-0.39, 0.29) is 28.3 Å². The van der Waals surface area contributed by atoms with Crippen LogP contribution in [0.25, 0.3) is 0 Å². The number of amides is 2. The van der Waals surface area contributed by atoms with Crippen molar-refractivity contribution in [1.29, 1.82) is 0 Å². The number of carbonyl (C=O) groups is 2. The summed E-state index contributed by atoms with van der Waals surface area (Å²) in [6, 6.07) is 7.90. The van der Waals surface area contributed by atoms with Crippen LogP contribution in [0.1, 0.15) is 77.7 Å². The Balaban J connectivity index is 1.38. The molecule has 1 saturated heterocycles. The van der Waals surface area contributed by atoms with Crippen LogP contribution >= 0.6 is 0 Å². The van der Waals surface area contributed by atoms with Crippen LogP contribution in [0.3, 0.4) is 0 Å². The van der Waals surface area contributed by atoms with Gasteiger partial charge in [-0.05, 0) is 86.0 Å². The molecule has 2 N–H and O–H groups in total. The number of alkyl halides is 3. The van der Waals surface area contributed by atoms with Gasteiger partial charge in [0.15, 0.2) is 5.54 Å². The van der Waals surface area contributed by atoms with E-state index in [9.17, 15) is 22.8 Å². The second kappa shape index (κ2) is 8.24. The third kappa shape index (κ3) is 3.71. The normalized spacial score (nSPS) is 40.5. The van der Waals surface area contributed by atoms with Crippen molar-refractivity contribution in [2.45, 2.75) is 89.9 Å². The van der Waals surface area contributed by atoms with E-state index >= 15 is 0 Å². The Morgan fingerprint density at radius 2 is 1.66 bits per heavy atom. The standard InChI is InChI=1S/C28H37F3N2O2/c1-25-15-13-20-18(9-12-22-26(20,2)16-14-23(34)32-22)19(25)10-11-21(25)24(35)33-27(3,28(29,30)31)17-7-5-4-6-8-17/h4-8,18-22H,9-16H2,1-3H3,(H,32,34)(H,33,35)/t18?,19?,20?,21-,22-,25+,26-,27?/m1/s1. The van der Waals surface area contributed by atoms with E-state index in [1.165, 1.54) is 12.1 Å². The summed E-state index contributed by atoms with van der Waals surface area (Å²) >= 11 is 0. The highest BCUT2D eigenvalue weighted by Gasteiger charge is 2.62. The van der Waals surface area contributed by atoms with Crippen molar-refractivity contribution in [1.82, 2.24) is 10.6 Å². The number of halogens is 3. The number of carbonyl (C=O) groups excluding carboxylic acids is 2. The second-order valence-corrected chi connectivity index (χ2v) is 12.2. The van der Waals surface area contributed by atoms with Crippen molar-refractivity contribution in [2.75, 3.05) is 0 Å². The maximum Gasteiger partial charge on any atom is 0.415 e. The van der Waals surface area contributed by atoms with E-state index in [1.807, 2.05) is 0 Å². The highest BCUT2D eigenvalue weighted by molar-refractivity contribution is 5.81. The Morgan fingerprint density at radius 1 is 0.971 bits per heavy atom. The first kappa shape index (κ1) is 24.6. The van der Waals surface area contributed by atoms with Gasteiger partial charge in [0.05, 0.1) is 0 Å². The predicted octanol–water partition coefficient (Wildman–Crippen LogP) is 5.72. The molecule has 1 aromatic carbocycles. The van der Waals surface area contributed by atoms with Gasteiger partial charge in [-0.1, -0.05) is 44.2 Å². The largest absolute Gasteiger partial charge is 0.415 e. The summed E-state index contributed by atoms with van der Waals surface area (Å²) in [4.78, 5) is 25.6. The second-order valence-electron chi connectivity index (χ2n) is 12.2. The van der Waals surface area contributed by atoms with Crippen LogP contribution in [0, 0.1) is 34.5 Å². The molecular weight excluding hydrogens is 453 g/mol. The Labute approximate surface area is 205 Å². The SMILES string of the molecule is CC(NC(=O)[C@H]1CCC2C3CC[C@H]4NC(=O)CC[C@]4(C)C3CC[C@@]21C)(c1ccccc1)C(F)(F)F. The molecule has 1 heterocycles. The Kier molecular flexibility index (Phi) is 5.80. The van der Waals surface area contributed by atoms with Crippen LogP contribution in [-0.4, -0.2) is 24.0 Å². The molecule has 0 bridgehead atoms. The molecule has 7 heteroatoms. The number of piperidine rings is 1. The van der Waals surface area contributed by atoms with Gasteiger partial charge < -0.3 is 10.6 Å². The molecule has 192 valence electrons. The molecule has 2 amide bonds. The molecular formula is C28H37F3N2O2. The first-order valence-corrected chi connectivity index (χ1v) is 13.1. The maximum atomic E-state index is 14.3. The zero-order valence-corrected chi connectivity index (χ0v) is 20.9. The Bertz CT molecular complexity index is 998. The summed E-state index contributed by atoms with van der Waals surface area (Å²) in [7, 11) is 0. The van der Waals surface area contributed by atoms with Gasteiger partial charge in [0.1, 0.15) is 0 Å². The molecule has 1 aliphatic heterocycles. The van der Waals surface area contributed by atoms with Crippen LogP contribution in [0.15, 0.2) is 30.3 Å². The number of rotatable bonds is 3. The number of fused-ring (bicyclic) bond motifs is 5. The Morgan fingerprint density at radius 3 is 2.34 bits per heavy atom. The first-order valence-electron chi connectivity index (χ1n) is 13.1. The molecule has 4 aliphatic rings. The fourth-order valence-electron chi connectivity index (χ4n) is 8.54. The lowest BCUT2D eigenvalue weighted by Crippen LogP contribution is -2.61. The highest BCUT2D eigenvalue weighted by atomic mass is 19.4. The Hall–Kier alpha value is -2.05. The third-order valence-electron chi connectivity index (χ3n) is 10.7. The van der Waals surface area contributed by atoms with Gasteiger partial charge in [0.25, 0.3) is 0 Å². The average Bonchev–Trinajstić information content (AvgIpc) is 3.16. The predicted molar refractivity (Wildman–Crippen MR) is 127 cm³/mol. The molecule has 35 heavy (non-hydrogen) atoms. The molecule has 3 saturated carbocycles. The molecule has 4 nitrogen and oxygen atoms in total. The maximum absolute atomic E-state index is 14.3. The minimum Gasteiger partial charge on any atom is -0.353 e. The minimum absolute atomic E-state index is 0.0508. The molecule has 8 atom stereocenters. The summed E-state index contributed by atoms with van der Waals surface area (Å²) in [6.07, 6.45) is 2.17. The fraction of sp³-hybridized carbons (Fsp3) is 0.714. The van der Waals surface area contributed by atoms with Crippen molar-refractivity contribution >= 4 is 11.8 Å². The van der Waals surface area contributed by atoms with Crippen molar-refractivity contribution in [2.24, 2.45) is 34.5 Å². The molecule has 4 fully saturated rings. The summed E-state index contributed by atoms with van der Waals surface area (Å²) in [6.45, 7) is 5.55. The van der Waals surface area contributed by atoms with Crippen molar-refractivity contribution in [3.8, 4) is 0 Å². The van der Waals surface area contributed by atoms with Gasteiger partial charge in [0, 0.05) is 18.4 Å². The lowest BCUT2D eigenvalue weighted by atomic mass is 9.47. The molecule has 0 spiro atoms. The van der Waals surface area contributed by atoms with Crippen molar-refractivity contribution in [3.05, 3.63) is 35.9 Å². The van der Waals surface area contributed by atoms with Gasteiger partial charge in [0.2, 0.25) is 11.8 Å². The molecule has 3 aliphatic carbocycles. The first-order chi connectivity index (χ1) is 16.4. The van der Waals surface area contributed by atoms with E-state index in [0.29, 0.717) is 30.6 Å². The summed E-state index contributed by atoms with van der Waals surface area (Å²) in [5.74, 6) is 0.548. The molecule has 4 unspecified atom stereocenters. The van der Waals surface area contributed by atoms with Crippen molar-refractivity contribution in [3.63, 3.8) is 0 Å². The molecule has 0 radical (unpaired) electrons.